The fourth-order valence-corrected chi connectivity index (χ4v) is 2.91. The van der Waals surface area contributed by atoms with Crippen LogP contribution < -0.4 is 0 Å². The van der Waals surface area contributed by atoms with Crippen molar-refractivity contribution in [1.29, 1.82) is 0 Å². The first kappa shape index (κ1) is 22.8. The molecule has 34 heavy (non-hydrogen) atoms. The number of nitrogens with zero attached hydrogens (tertiary/aromatic N) is 6. The van der Waals surface area contributed by atoms with Crippen molar-refractivity contribution < 1.29 is 36.2 Å². The van der Waals surface area contributed by atoms with Crippen molar-refractivity contribution in [2.24, 2.45) is 0 Å². The van der Waals surface area contributed by atoms with E-state index in [1.807, 2.05) is 0 Å². The number of aliphatic carboxylic acids is 1. The van der Waals surface area contributed by atoms with Gasteiger partial charge in [0.05, 0.1) is 16.6 Å². The first-order valence-electron chi connectivity index (χ1n) is 9.16. The summed E-state index contributed by atoms with van der Waals surface area (Å²) < 4.78 is 79.2. The average molecular weight is 480 g/mol. The molecule has 0 aliphatic carbocycles. The summed E-state index contributed by atoms with van der Waals surface area (Å²) in [7, 11) is 0. The van der Waals surface area contributed by atoms with E-state index >= 15 is 0 Å². The number of hydrogen-bond acceptors (Lipinski definition) is 6. The van der Waals surface area contributed by atoms with Crippen molar-refractivity contribution in [2.75, 3.05) is 0 Å². The maximum Gasteiger partial charge on any atom is 0.433 e. The van der Waals surface area contributed by atoms with Crippen molar-refractivity contribution in [2.45, 2.75) is 12.4 Å². The van der Waals surface area contributed by atoms with Crippen LogP contribution in [0.1, 0.15) is 17.0 Å². The molecule has 0 saturated carbocycles. The van der Waals surface area contributed by atoms with E-state index in [-0.39, 0.29) is 11.1 Å². The smallest absolute Gasteiger partial charge is 0.433 e. The quantitative estimate of drug-likeness (QED) is 0.341. The Kier molecular flexibility index (Phi) is 5.51. The SMILES string of the molecule is O=C(O)/C(=C/n1cnc(-c2cc(C(F)(F)F)nc(C(F)(F)F)c2)n1)c1cnc2cccnc2c1. The van der Waals surface area contributed by atoms with Crippen molar-refractivity contribution in [3.8, 4) is 11.4 Å². The fraction of sp³-hybridized carbons (Fsp3) is 0.100. The first-order valence-corrected chi connectivity index (χ1v) is 9.16. The predicted octanol–water partition coefficient (Wildman–Crippen LogP) is 4.40. The first-order chi connectivity index (χ1) is 15.9. The molecule has 0 saturated heterocycles. The van der Waals surface area contributed by atoms with Crippen LogP contribution >= 0.6 is 0 Å². The number of alkyl halides is 6. The highest BCUT2D eigenvalue weighted by atomic mass is 19.4. The highest BCUT2D eigenvalue weighted by Gasteiger charge is 2.39. The number of carbonyl (C=O) groups is 1. The molecular formula is C20H10F6N6O2. The van der Waals surface area contributed by atoms with Crippen LogP contribution in [0.2, 0.25) is 0 Å². The summed E-state index contributed by atoms with van der Waals surface area (Å²) in [5.74, 6) is -1.89. The molecule has 4 heterocycles. The molecule has 0 spiro atoms. The molecule has 1 N–H and O–H groups in total. The molecule has 4 aromatic heterocycles. The van der Waals surface area contributed by atoms with E-state index in [1.165, 1.54) is 18.5 Å². The Morgan fingerprint density at radius 3 is 2.24 bits per heavy atom. The standard InChI is InChI=1S/C20H10F6N6O2/c21-19(22,23)15-5-10(6-16(30-15)20(24,25)26)17-29-9-32(31-17)8-12(18(33)34)11-4-14-13(28-7-11)2-1-3-27-14/h1-9H,(H,33,34)/b12-8+. The second-order valence-electron chi connectivity index (χ2n) is 6.78. The predicted molar refractivity (Wildman–Crippen MR) is 105 cm³/mol. The van der Waals surface area contributed by atoms with Crippen LogP contribution in [0.3, 0.4) is 0 Å². The third-order valence-electron chi connectivity index (χ3n) is 4.43. The molecule has 0 radical (unpaired) electrons. The van der Waals surface area contributed by atoms with Gasteiger partial charge in [-0.3, -0.25) is 9.97 Å². The maximum atomic E-state index is 13.1. The molecule has 0 amide bonds. The summed E-state index contributed by atoms with van der Waals surface area (Å²) in [6.07, 6.45) is -5.61. The van der Waals surface area contributed by atoms with Crippen molar-refractivity contribution in [3.63, 3.8) is 0 Å². The van der Waals surface area contributed by atoms with Crippen LogP contribution in [0.5, 0.6) is 0 Å². The van der Waals surface area contributed by atoms with Gasteiger partial charge < -0.3 is 5.11 Å². The van der Waals surface area contributed by atoms with Gasteiger partial charge >= 0.3 is 18.3 Å². The van der Waals surface area contributed by atoms with Crippen molar-refractivity contribution >= 4 is 28.8 Å². The number of hydrogen-bond donors (Lipinski definition) is 1. The zero-order valence-electron chi connectivity index (χ0n) is 16.5. The monoisotopic (exact) mass is 480 g/mol. The molecule has 0 aromatic carbocycles. The molecule has 0 aliphatic rings. The van der Waals surface area contributed by atoms with Crippen molar-refractivity contribution in [3.05, 3.63) is 66.0 Å². The molecule has 0 unspecified atom stereocenters. The van der Waals surface area contributed by atoms with E-state index in [9.17, 15) is 36.2 Å². The minimum absolute atomic E-state index is 0.137. The summed E-state index contributed by atoms with van der Waals surface area (Å²) in [5.41, 5.74) is -3.41. The second kappa shape index (κ2) is 8.20. The molecule has 8 nitrogen and oxygen atoms in total. The van der Waals surface area contributed by atoms with Gasteiger partial charge in [0.1, 0.15) is 17.7 Å². The summed E-state index contributed by atoms with van der Waals surface area (Å²) >= 11 is 0. The molecular weight excluding hydrogens is 470 g/mol. The van der Waals surface area contributed by atoms with Gasteiger partial charge in [-0.25, -0.2) is 19.4 Å². The molecule has 0 aliphatic heterocycles. The van der Waals surface area contributed by atoms with Gasteiger partial charge in [0.25, 0.3) is 0 Å². The van der Waals surface area contributed by atoms with Gasteiger partial charge in [-0.1, -0.05) is 0 Å². The normalized spacial score (nSPS) is 12.8. The highest BCUT2D eigenvalue weighted by molar-refractivity contribution is 6.19. The molecule has 0 bridgehead atoms. The molecule has 174 valence electrons. The van der Waals surface area contributed by atoms with E-state index in [0.29, 0.717) is 23.2 Å². The Morgan fingerprint density at radius 2 is 1.62 bits per heavy atom. The minimum atomic E-state index is -5.15. The van der Waals surface area contributed by atoms with Crippen LogP contribution in [-0.4, -0.2) is 40.8 Å². The van der Waals surface area contributed by atoms with Crippen LogP contribution in [0.15, 0.2) is 49.1 Å². The lowest BCUT2D eigenvalue weighted by atomic mass is 10.1. The summed E-state index contributed by atoms with van der Waals surface area (Å²) in [4.78, 5) is 26.3. The number of fused-ring (bicyclic) bond motifs is 1. The molecule has 4 aromatic rings. The van der Waals surface area contributed by atoms with Crippen molar-refractivity contribution in [1.82, 2.24) is 29.7 Å². The Morgan fingerprint density at radius 1 is 0.941 bits per heavy atom. The van der Waals surface area contributed by atoms with E-state index in [2.05, 4.69) is 25.0 Å². The Hall–Kier alpha value is -4.36. The molecule has 14 heteroatoms. The van der Waals surface area contributed by atoms with Crippen LogP contribution in [0.4, 0.5) is 26.3 Å². The number of pyridine rings is 3. The Labute approximate surface area is 185 Å². The van der Waals surface area contributed by atoms with Gasteiger partial charge in [-0.15, -0.1) is 5.10 Å². The largest absolute Gasteiger partial charge is 0.478 e. The van der Waals surface area contributed by atoms with Gasteiger partial charge in [0.15, 0.2) is 5.82 Å². The van der Waals surface area contributed by atoms with E-state index in [1.54, 1.807) is 12.1 Å². The molecule has 0 fully saturated rings. The van der Waals surface area contributed by atoms with Gasteiger partial charge in [0, 0.05) is 29.7 Å². The third-order valence-corrected chi connectivity index (χ3v) is 4.43. The van der Waals surface area contributed by atoms with Crippen LogP contribution in [-0.2, 0) is 17.1 Å². The number of rotatable bonds is 4. The minimum Gasteiger partial charge on any atom is -0.478 e. The summed E-state index contributed by atoms with van der Waals surface area (Å²) in [5, 5.41) is 13.4. The number of carboxylic acid groups (broad SMARTS) is 1. The van der Waals surface area contributed by atoms with Gasteiger partial charge in [-0.05, 0) is 30.3 Å². The third kappa shape index (κ3) is 4.69. The number of aromatic nitrogens is 6. The zero-order chi connectivity index (χ0) is 24.7. The van der Waals surface area contributed by atoms with Gasteiger partial charge in [-0.2, -0.15) is 26.3 Å². The highest BCUT2D eigenvalue weighted by Crippen LogP contribution is 2.35. The molecule has 0 atom stereocenters. The van der Waals surface area contributed by atoms with Gasteiger partial charge in [0.2, 0.25) is 0 Å². The second-order valence-corrected chi connectivity index (χ2v) is 6.78. The zero-order valence-corrected chi connectivity index (χ0v) is 16.5. The lowest BCUT2D eigenvalue weighted by Gasteiger charge is -2.11. The average Bonchev–Trinajstić information content (AvgIpc) is 3.24. The van der Waals surface area contributed by atoms with E-state index in [4.69, 9.17) is 0 Å². The lowest BCUT2D eigenvalue weighted by molar-refractivity contribution is -0.150. The number of carboxylic acids is 1. The summed E-state index contributed by atoms with van der Waals surface area (Å²) in [6.45, 7) is 0. The van der Waals surface area contributed by atoms with Crippen LogP contribution in [0, 0.1) is 0 Å². The van der Waals surface area contributed by atoms with E-state index in [0.717, 1.165) is 17.2 Å². The topological polar surface area (TPSA) is 107 Å². The number of halogens is 6. The summed E-state index contributed by atoms with van der Waals surface area (Å²) in [6, 6.07) is 5.51. The molecule has 4 rings (SSSR count). The Bertz CT molecular complexity index is 1390. The fourth-order valence-electron chi connectivity index (χ4n) is 2.91. The van der Waals surface area contributed by atoms with Crippen LogP contribution in [0.25, 0.3) is 34.2 Å². The van der Waals surface area contributed by atoms with E-state index < -0.39 is 41.1 Å². The lowest BCUT2D eigenvalue weighted by Crippen LogP contribution is -2.15. The Balaban J connectivity index is 1.76. The maximum absolute atomic E-state index is 13.1.